The Morgan fingerprint density at radius 3 is 1.80 bits per heavy atom. The van der Waals surface area contributed by atoms with E-state index in [0.717, 1.165) is 44.0 Å². The minimum atomic E-state index is 0.872. The summed E-state index contributed by atoms with van der Waals surface area (Å²) in [7, 11) is 0. The van der Waals surface area contributed by atoms with Crippen molar-refractivity contribution in [2.45, 2.75) is 0 Å². The molecule has 0 amide bonds. The summed E-state index contributed by atoms with van der Waals surface area (Å²) < 4.78 is 12.7. The van der Waals surface area contributed by atoms with Gasteiger partial charge in [-0.1, -0.05) is 103 Å². The summed E-state index contributed by atoms with van der Waals surface area (Å²) in [6.45, 7) is 0. The molecule has 0 atom stereocenters. The van der Waals surface area contributed by atoms with E-state index in [1.165, 1.54) is 43.4 Å². The van der Waals surface area contributed by atoms with Crippen molar-refractivity contribution in [3.8, 4) is 22.3 Å². The third-order valence-corrected chi connectivity index (χ3v) is 8.32. The molecule has 0 aliphatic rings. The van der Waals surface area contributed by atoms with E-state index < -0.39 is 0 Å². The Morgan fingerprint density at radius 2 is 1.05 bits per heavy atom. The molecule has 0 unspecified atom stereocenters. The Morgan fingerprint density at radius 1 is 0.425 bits per heavy atom. The zero-order valence-electron chi connectivity index (χ0n) is 21.5. The van der Waals surface area contributed by atoms with E-state index in [4.69, 9.17) is 8.83 Å². The van der Waals surface area contributed by atoms with Crippen LogP contribution in [0.1, 0.15) is 0 Å². The van der Waals surface area contributed by atoms with E-state index >= 15 is 0 Å². The Balaban J connectivity index is 1.44. The Bertz CT molecular complexity index is 2380. The fraction of sp³-hybridized carbons (Fsp3) is 0. The molecule has 0 aliphatic heterocycles. The van der Waals surface area contributed by atoms with Gasteiger partial charge in [0.2, 0.25) is 0 Å². The van der Waals surface area contributed by atoms with Crippen molar-refractivity contribution in [3.63, 3.8) is 0 Å². The number of benzene rings is 7. The van der Waals surface area contributed by atoms with Crippen LogP contribution >= 0.6 is 0 Å². The van der Waals surface area contributed by atoms with Gasteiger partial charge in [0.05, 0.1) is 6.26 Å². The summed E-state index contributed by atoms with van der Waals surface area (Å²) in [6.07, 6.45) is 1.79. The number of hydrogen-bond acceptors (Lipinski definition) is 2. The molecule has 2 heteroatoms. The largest absolute Gasteiger partial charge is 0.464 e. The molecular weight excluding hydrogens is 488 g/mol. The van der Waals surface area contributed by atoms with Gasteiger partial charge in [0.1, 0.15) is 16.7 Å². The number of furan rings is 2. The first-order valence-corrected chi connectivity index (χ1v) is 13.6. The monoisotopic (exact) mass is 510 g/mol. The van der Waals surface area contributed by atoms with Gasteiger partial charge in [-0.25, -0.2) is 0 Å². The lowest BCUT2D eigenvalue weighted by atomic mass is 9.85. The minimum absolute atomic E-state index is 0.872. The van der Waals surface area contributed by atoms with Crippen LogP contribution in [0.25, 0.3) is 87.5 Å². The second-order valence-corrected chi connectivity index (χ2v) is 10.5. The standard InChI is InChI=1S/C38H22O2/c1-2-10-24-21-25(18-17-23(24)9-1)35-26-11-3-5-13-28(26)36(29-14-6-4-12-27(29)35)32-22-34-37(31-19-20-39-38(31)32)30-15-7-8-16-33(30)40-34/h1-22H. The van der Waals surface area contributed by atoms with Crippen LogP contribution in [-0.4, -0.2) is 0 Å². The number of fused-ring (bicyclic) bond motifs is 8. The quantitative estimate of drug-likeness (QED) is 0.216. The molecular formula is C38H22O2. The summed E-state index contributed by atoms with van der Waals surface area (Å²) in [6, 6.07) is 45.3. The first-order chi connectivity index (χ1) is 19.8. The molecule has 9 rings (SSSR count). The average Bonchev–Trinajstić information content (AvgIpc) is 3.64. The van der Waals surface area contributed by atoms with E-state index in [-0.39, 0.29) is 0 Å². The van der Waals surface area contributed by atoms with Gasteiger partial charge in [0, 0.05) is 27.3 Å². The Labute approximate surface area is 229 Å². The molecule has 0 bridgehead atoms. The molecule has 0 saturated heterocycles. The van der Waals surface area contributed by atoms with E-state index in [2.05, 4.69) is 115 Å². The van der Waals surface area contributed by atoms with Crippen LogP contribution in [0.5, 0.6) is 0 Å². The maximum absolute atomic E-state index is 6.41. The molecule has 186 valence electrons. The average molecular weight is 511 g/mol. The van der Waals surface area contributed by atoms with Gasteiger partial charge in [-0.15, -0.1) is 0 Å². The highest BCUT2D eigenvalue weighted by atomic mass is 16.3. The van der Waals surface area contributed by atoms with Crippen molar-refractivity contribution in [1.29, 1.82) is 0 Å². The SMILES string of the molecule is c1ccc2cc(-c3c4ccccc4c(-c4cc5oc6ccccc6c5c5ccoc45)c4ccccc34)ccc2c1. The summed E-state index contributed by atoms with van der Waals surface area (Å²) in [5.41, 5.74) is 7.32. The minimum Gasteiger partial charge on any atom is -0.464 e. The van der Waals surface area contributed by atoms with E-state index in [1.54, 1.807) is 6.26 Å². The van der Waals surface area contributed by atoms with Crippen molar-refractivity contribution in [2.75, 3.05) is 0 Å². The number of hydrogen-bond donors (Lipinski definition) is 0. The molecule has 2 aromatic heterocycles. The van der Waals surface area contributed by atoms with Crippen LogP contribution in [0.2, 0.25) is 0 Å². The van der Waals surface area contributed by atoms with Crippen molar-refractivity contribution in [3.05, 3.63) is 134 Å². The molecule has 0 fully saturated rings. The summed E-state index contributed by atoms with van der Waals surface area (Å²) in [4.78, 5) is 0. The van der Waals surface area contributed by atoms with Gasteiger partial charge >= 0.3 is 0 Å². The van der Waals surface area contributed by atoms with Crippen LogP contribution in [0.3, 0.4) is 0 Å². The maximum atomic E-state index is 6.41. The lowest BCUT2D eigenvalue weighted by Crippen LogP contribution is -1.91. The van der Waals surface area contributed by atoms with Gasteiger partial charge < -0.3 is 8.83 Å². The third kappa shape index (κ3) is 2.93. The van der Waals surface area contributed by atoms with Crippen molar-refractivity contribution in [2.24, 2.45) is 0 Å². The zero-order chi connectivity index (χ0) is 26.2. The highest BCUT2D eigenvalue weighted by Gasteiger charge is 2.22. The fourth-order valence-electron chi connectivity index (χ4n) is 6.62. The molecule has 7 aromatic carbocycles. The molecule has 2 nitrogen and oxygen atoms in total. The molecule has 9 aromatic rings. The molecule has 0 saturated carbocycles. The van der Waals surface area contributed by atoms with Crippen molar-refractivity contribution in [1.82, 2.24) is 0 Å². The number of rotatable bonds is 2. The summed E-state index contributed by atoms with van der Waals surface area (Å²) in [5.74, 6) is 0. The molecule has 2 heterocycles. The predicted octanol–water partition coefficient (Wildman–Crippen LogP) is 11.1. The lowest BCUT2D eigenvalue weighted by molar-refractivity contribution is 0.616. The van der Waals surface area contributed by atoms with E-state index in [0.29, 0.717) is 0 Å². The maximum Gasteiger partial charge on any atom is 0.142 e. The second-order valence-electron chi connectivity index (χ2n) is 10.5. The van der Waals surface area contributed by atoms with Gasteiger partial charge in [-0.2, -0.15) is 0 Å². The molecule has 0 N–H and O–H groups in total. The molecule has 0 spiro atoms. The topological polar surface area (TPSA) is 26.3 Å². The third-order valence-electron chi connectivity index (χ3n) is 8.32. The first kappa shape index (κ1) is 21.6. The Kier molecular flexibility index (Phi) is 4.36. The predicted molar refractivity (Wildman–Crippen MR) is 167 cm³/mol. The van der Waals surface area contributed by atoms with Gasteiger partial charge in [0.15, 0.2) is 0 Å². The van der Waals surface area contributed by atoms with Gasteiger partial charge in [-0.3, -0.25) is 0 Å². The van der Waals surface area contributed by atoms with Crippen molar-refractivity contribution >= 4 is 65.2 Å². The molecule has 0 radical (unpaired) electrons. The molecule has 0 aliphatic carbocycles. The van der Waals surface area contributed by atoms with Gasteiger partial charge in [-0.05, 0) is 67.7 Å². The van der Waals surface area contributed by atoms with E-state index in [9.17, 15) is 0 Å². The normalized spacial score (nSPS) is 12.0. The first-order valence-electron chi connectivity index (χ1n) is 13.6. The fourth-order valence-corrected chi connectivity index (χ4v) is 6.62. The van der Waals surface area contributed by atoms with Crippen LogP contribution in [0.4, 0.5) is 0 Å². The molecule has 40 heavy (non-hydrogen) atoms. The summed E-state index contributed by atoms with van der Waals surface area (Å²) in [5, 5.41) is 10.6. The van der Waals surface area contributed by atoms with Gasteiger partial charge in [0.25, 0.3) is 0 Å². The second kappa shape index (κ2) is 8.08. The summed E-state index contributed by atoms with van der Waals surface area (Å²) >= 11 is 0. The van der Waals surface area contributed by atoms with Crippen molar-refractivity contribution < 1.29 is 8.83 Å². The Hall–Kier alpha value is -5.34. The van der Waals surface area contributed by atoms with Crippen LogP contribution in [0, 0.1) is 0 Å². The highest BCUT2D eigenvalue weighted by Crippen LogP contribution is 2.48. The van der Waals surface area contributed by atoms with Crippen LogP contribution in [0.15, 0.2) is 142 Å². The number of para-hydroxylation sites is 1. The van der Waals surface area contributed by atoms with Crippen LogP contribution < -0.4 is 0 Å². The lowest BCUT2D eigenvalue weighted by Gasteiger charge is -2.18. The highest BCUT2D eigenvalue weighted by molar-refractivity contribution is 6.27. The smallest absolute Gasteiger partial charge is 0.142 e. The van der Waals surface area contributed by atoms with Crippen LogP contribution in [-0.2, 0) is 0 Å². The van der Waals surface area contributed by atoms with E-state index in [1.807, 2.05) is 12.1 Å². The zero-order valence-corrected chi connectivity index (χ0v) is 21.5.